The summed E-state index contributed by atoms with van der Waals surface area (Å²) in [6.07, 6.45) is 1.19. The predicted molar refractivity (Wildman–Crippen MR) is 77.3 cm³/mol. The molecule has 20 heavy (non-hydrogen) atoms. The van der Waals surface area contributed by atoms with Crippen LogP contribution >= 0.6 is 0 Å². The Balaban J connectivity index is 2.30. The molecule has 1 fully saturated rings. The van der Waals surface area contributed by atoms with Gasteiger partial charge in [-0.2, -0.15) is 0 Å². The molecule has 1 aromatic rings. The van der Waals surface area contributed by atoms with Gasteiger partial charge in [-0.05, 0) is 42.9 Å². The third-order valence-corrected chi connectivity index (χ3v) is 4.54. The lowest BCUT2D eigenvalue weighted by Gasteiger charge is -2.45. The van der Waals surface area contributed by atoms with Crippen LogP contribution in [0.25, 0.3) is 0 Å². The van der Waals surface area contributed by atoms with Crippen molar-refractivity contribution in [3.63, 3.8) is 0 Å². The van der Waals surface area contributed by atoms with E-state index < -0.39 is 11.6 Å². The van der Waals surface area contributed by atoms with Crippen molar-refractivity contribution in [2.24, 2.45) is 17.6 Å². The highest BCUT2D eigenvalue weighted by atomic mass is 19.1. The molecule has 0 amide bonds. The number of likely N-dealkylation sites (tertiary alicyclic amines) is 1. The first-order chi connectivity index (χ1) is 9.42. The highest BCUT2D eigenvalue weighted by Gasteiger charge is 2.33. The fourth-order valence-corrected chi connectivity index (χ4v) is 3.40. The molecule has 4 atom stereocenters. The van der Waals surface area contributed by atoms with Crippen molar-refractivity contribution in [2.75, 3.05) is 13.1 Å². The van der Waals surface area contributed by atoms with Crippen LogP contribution in [-0.2, 0) is 0 Å². The van der Waals surface area contributed by atoms with E-state index in [1.807, 2.05) is 0 Å². The second kappa shape index (κ2) is 6.19. The molecule has 0 spiro atoms. The number of hydrogen-bond acceptors (Lipinski definition) is 2. The number of halogens is 2. The van der Waals surface area contributed by atoms with Crippen molar-refractivity contribution in [3.05, 3.63) is 35.4 Å². The highest BCUT2D eigenvalue weighted by Crippen LogP contribution is 2.33. The lowest BCUT2D eigenvalue weighted by molar-refractivity contribution is 0.0422. The normalized spacial score (nSPS) is 29.4. The van der Waals surface area contributed by atoms with Gasteiger partial charge in [-0.1, -0.05) is 13.8 Å². The first-order valence-electron chi connectivity index (χ1n) is 7.34. The van der Waals surface area contributed by atoms with Crippen LogP contribution in [0.3, 0.4) is 0 Å². The summed E-state index contributed by atoms with van der Waals surface area (Å²) in [5.74, 6) is 0.0632. The summed E-state index contributed by atoms with van der Waals surface area (Å²) in [5, 5.41) is 0. The van der Waals surface area contributed by atoms with Crippen LogP contribution in [0, 0.1) is 23.5 Å². The van der Waals surface area contributed by atoms with E-state index in [1.54, 1.807) is 0 Å². The summed E-state index contributed by atoms with van der Waals surface area (Å²) in [4.78, 5) is 2.30. The average molecular weight is 282 g/mol. The number of nitrogens with two attached hydrogens (primary N) is 1. The minimum atomic E-state index is -0.538. The molecule has 0 radical (unpaired) electrons. The van der Waals surface area contributed by atoms with Gasteiger partial charge in [0.05, 0.1) is 0 Å². The molecule has 0 bridgehead atoms. The number of piperidine rings is 1. The molecule has 1 heterocycles. The van der Waals surface area contributed by atoms with Gasteiger partial charge in [-0.3, -0.25) is 4.90 Å². The van der Waals surface area contributed by atoms with Crippen LogP contribution in [0.5, 0.6) is 0 Å². The zero-order valence-corrected chi connectivity index (χ0v) is 12.4. The molecular formula is C16H24F2N2. The summed E-state index contributed by atoms with van der Waals surface area (Å²) < 4.78 is 26.9. The van der Waals surface area contributed by atoms with Gasteiger partial charge in [0.1, 0.15) is 11.6 Å². The fraction of sp³-hybridized carbons (Fsp3) is 0.625. The van der Waals surface area contributed by atoms with Gasteiger partial charge in [-0.25, -0.2) is 8.78 Å². The molecule has 0 saturated carbocycles. The minimum Gasteiger partial charge on any atom is -0.329 e. The highest BCUT2D eigenvalue weighted by molar-refractivity contribution is 5.22. The van der Waals surface area contributed by atoms with Crippen molar-refractivity contribution in [1.29, 1.82) is 0 Å². The third kappa shape index (κ3) is 3.18. The summed E-state index contributed by atoms with van der Waals surface area (Å²) in [6.45, 7) is 7.91. The van der Waals surface area contributed by atoms with E-state index in [0.29, 0.717) is 30.0 Å². The Bertz CT molecular complexity index is 444. The molecule has 4 heteroatoms. The molecular weight excluding hydrogens is 258 g/mol. The zero-order chi connectivity index (χ0) is 14.9. The van der Waals surface area contributed by atoms with E-state index in [0.717, 1.165) is 12.6 Å². The summed E-state index contributed by atoms with van der Waals surface area (Å²) >= 11 is 0. The molecule has 1 aromatic carbocycles. The number of hydrogen-bond donors (Lipinski definition) is 1. The van der Waals surface area contributed by atoms with Gasteiger partial charge >= 0.3 is 0 Å². The number of benzene rings is 1. The lowest BCUT2D eigenvalue weighted by atomic mass is 9.84. The predicted octanol–water partition coefficient (Wildman–Crippen LogP) is 3.33. The average Bonchev–Trinajstić information content (AvgIpc) is 2.34. The summed E-state index contributed by atoms with van der Waals surface area (Å²) in [7, 11) is 0. The molecule has 1 aliphatic heterocycles. The molecule has 2 N–H and O–H groups in total. The smallest absolute Gasteiger partial charge is 0.126 e. The van der Waals surface area contributed by atoms with Crippen LogP contribution < -0.4 is 5.73 Å². The van der Waals surface area contributed by atoms with Gasteiger partial charge < -0.3 is 5.73 Å². The van der Waals surface area contributed by atoms with Gasteiger partial charge in [-0.15, -0.1) is 0 Å². The molecule has 1 aliphatic rings. The molecule has 112 valence electrons. The lowest BCUT2D eigenvalue weighted by Crippen LogP contribution is -2.49. The van der Waals surface area contributed by atoms with Gasteiger partial charge in [0, 0.05) is 31.2 Å². The van der Waals surface area contributed by atoms with Crippen LogP contribution in [0.2, 0.25) is 0 Å². The molecule has 4 unspecified atom stereocenters. The monoisotopic (exact) mass is 282 g/mol. The van der Waals surface area contributed by atoms with Crippen molar-refractivity contribution in [2.45, 2.75) is 39.3 Å². The first kappa shape index (κ1) is 15.4. The van der Waals surface area contributed by atoms with E-state index in [9.17, 15) is 8.78 Å². The number of nitrogens with zero attached hydrogens (tertiary/aromatic N) is 1. The SMILES string of the molecule is CC1CC(C)C(C)N(C(CN)c2cc(F)cc(F)c2)C1. The van der Waals surface area contributed by atoms with E-state index >= 15 is 0 Å². The zero-order valence-electron chi connectivity index (χ0n) is 12.4. The fourth-order valence-electron chi connectivity index (χ4n) is 3.40. The topological polar surface area (TPSA) is 29.3 Å². The number of rotatable bonds is 3. The summed E-state index contributed by atoms with van der Waals surface area (Å²) in [6, 6.07) is 3.95. The maximum absolute atomic E-state index is 13.4. The van der Waals surface area contributed by atoms with E-state index in [1.165, 1.54) is 18.6 Å². The molecule has 0 aliphatic carbocycles. The van der Waals surface area contributed by atoms with Crippen LogP contribution in [0.1, 0.15) is 38.8 Å². The Morgan fingerprint density at radius 1 is 1.20 bits per heavy atom. The van der Waals surface area contributed by atoms with Crippen LogP contribution in [0.4, 0.5) is 8.78 Å². The van der Waals surface area contributed by atoms with Crippen molar-refractivity contribution in [1.82, 2.24) is 4.90 Å². The quantitative estimate of drug-likeness (QED) is 0.921. The maximum Gasteiger partial charge on any atom is 0.126 e. The van der Waals surface area contributed by atoms with Gasteiger partial charge in [0.25, 0.3) is 0 Å². The Hall–Kier alpha value is -1.00. The molecule has 2 rings (SSSR count). The third-order valence-electron chi connectivity index (χ3n) is 4.54. The van der Waals surface area contributed by atoms with E-state index in [4.69, 9.17) is 5.73 Å². The molecule has 1 saturated heterocycles. The van der Waals surface area contributed by atoms with Crippen molar-refractivity contribution >= 4 is 0 Å². The molecule has 0 aromatic heterocycles. The van der Waals surface area contributed by atoms with Gasteiger partial charge in [0.15, 0.2) is 0 Å². The van der Waals surface area contributed by atoms with Crippen molar-refractivity contribution < 1.29 is 8.78 Å². The second-order valence-electron chi connectivity index (χ2n) is 6.21. The Morgan fingerprint density at radius 2 is 1.80 bits per heavy atom. The second-order valence-corrected chi connectivity index (χ2v) is 6.21. The van der Waals surface area contributed by atoms with Crippen molar-refractivity contribution in [3.8, 4) is 0 Å². The molecule has 2 nitrogen and oxygen atoms in total. The first-order valence-corrected chi connectivity index (χ1v) is 7.34. The largest absolute Gasteiger partial charge is 0.329 e. The standard InChI is InChI=1S/C16H24F2N2/c1-10-4-11(2)12(3)20(9-10)16(8-19)13-5-14(17)7-15(18)6-13/h5-7,10-12,16H,4,8-9,19H2,1-3H3. The Kier molecular flexibility index (Phi) is 4.76. The maximum atomic E-state index is 13.4. The minimum absolute atomic E-state index is 0.125. The van der Waals surface area contributed by atoms with Crippen LogP contribution in [0.15, 0.2) is 18.2 Å². The van der Waals surface area contributed by atoms with Crippen LogP contribution in [-0.4, -0.2) is 24.0 Å². The Labute approximate surface area is 120 Å². The summed E-state index contributed by atoms with van der Waals surface area (Å²) in [5.41, 5.74) is 6.54. The van der Waals surface area contributed by atoms with E-state index in [-0.39, 0.29) is 6.04 Å². The Morgan fingerprint density at radius 3 is 2.35 bits per heavy atom. The van der Waals surface area contributed by atoms with E-state index in [2.05, 4.69) is 25.7 Å². The van der Waals surface area contributed by atoms with Gasteiger partial charge in [0.2, 0.25) is 0 Å².